The second kappa shape index (κ2) is 7.45. The van der Waals surface area contributed by atoms with Crippen molar-refractivity contribution in [2.45, 2.75) is 6.54 Å². The second-order valence-electron chi connectivity index (χ2n) is 6.36. The summed E-state index contributed by atoms with van der Waals surface area (Å²) in [5.41, 5.74) is 3.40. The number of halogens is 1. The van der Waals surface area contributed by atoms with Gasteiger partial charge in [0.05, 0.1) is 19.0 Å². The van der Waals surface area contributed by atoms with E-state index >= 15 is 0 Å². The maximum atomic E-state index is 5.49. The highest BCUT2D eigenvalue weighted by molar-refractivity contribution is 9.10. The Kier molecular flexibility index (Phi) is 4.86. The van der Waals surface area contributed by atoms with Gasteiger partial charge in [0.15, 0.2) is 0 Å². The fourth-order valence-corrected chi connectivity index (χ4v) is 3.73. The van der Waals surface area contributed by atoms with Gasteiger partial charge in [0, 0.05) is 29.0 Å². The molecule has 0 radical (unpaired) electrons. The number of nitrogens with one attached hydrogen (secondary N) is 1. The molecule has 0 spiro atoms. The number of fused-ring (bicyclic) bond motifs is 1. The Hall–Kier alpha value is -2.79. The van der Waals surface area contributed by atoms with Crippen LogP contribution < -0.4 is 10.1 Å². The van der Waals surface area contributed by atoms with Crippen molar-refractivity contribution >= 4 is 32.7 Å². The third-order valence-corrected chi connectivity index (χ3v) is 5.23. The van der Waals surface area contributed by atoms with Crippen LogP contribution in [0.3, 0.4) is 0 Å². The van der Waals surface area contributed by atoms with Crippen LogP contribution in [0.15, 0.2) is 71.3 Å². The van der Waals surface area contributed by atoms with Crippen LogP contribution in [0.25, 0.3) is 22.0 Å². The molecule has 4 aromatic rings. The summed E-state index contributed by atoms with van der Waals surface area (Å²) in [6.07, 6.45) is 1.90. The summed E-state index contributed by atoms with van der Waals surface area (Å²) in [5.74, 6) is 1.73. The summed E-state index contributed by atoms with van der Waals surface area (Å²) in [7, 11) is 3.73. The molecular weight excluding hydrogens is 402 g/mol. The lowest BCUT2D eigenvalue weighted by molar-refractivity contribution is 0.419. The maximum Gasteiger partial charge on any atom is 0.203 e. The molecule has 0 aliphatic carbocycles. The topological polar surface area (TPSA) is 39.1 Å². The van der Waals surface area contributed by atoms with Crippen LogP contribution in [-0.2, 0) is 13.6 Å². The van der Waals surface area contributed by atoms with Gasteiger partial charge in [-0.1, -0.05) is 58.4 Å². The average molecular weight is 422 g/mol. The van der Waals surface area contributed by atoms with E-state index < -0.39 is 0 Å². The molecule has 4 rings (SSSR count). The fraction of sp³-hybridized carbons (Fsp3) is 0.136. The maximum absolute atomic E-state index is 5.49. The van der Waals surface area contributed by atoms with E-state index in [0.29, 0.717) is 6.54 Å². The monoisotopic (exact) mass is 421 g/mol. The second-order valence-corrected chi connectivity index (χ2v) is 7.28. The highest BCUT2D eigenvalue weighted by Crippen LogP contribution is 2.29. The smallest absolute Gasteiger partial charge is 0.203 e. The molecule has 1 heterocycles. The van der Waals surface area contributed by atoms with Crippen molar-refractivity contribution < 1.29 is 4.74 Å². The Labute approximate surface area is 166 Å². The summed E-state index contributed by atoms with van der Waals surface area (Å²) in [6, 6.07) is 20.7. The molecule has 0 atom stereocenters. The Morgan fingerprint density at radius 1 is 1.04 bits per heavy atom. The zero-order chi connectivity index (χ0) is 18.8. The molecule has 0 fully saturated rings. The standard InChI is InChI=1S/C22H20BrN3O/c1-26-20(15-6-5-7-17(23)12-15)14-25-22(26)24-13-16-10-11-21(27-2)19-9-4-3-8-18(16)19/h3-12,14H,13H2,1-2H3,(H,24,25). The lowest BCUT2D eigenvalue weighted by atomic mass is 10.0. The fourth-order valence-electron chi connectivity index (χ4n) is 3.33. The third-order valence-electron chi connectivity index (χ3n) is 4.74. The van der Waals surface area contributed by atoms with E-state index in [1.807, 2.05) is 37.5 Å². The Morgan fingerprint density at radius 3 is 2.63 bits per heavy atom. The normalized spacial score (nSPS) is 10.9. The predicted octanol–water partition coefficient (Wildman–Crippen LogP) is 5.62. The molecule has 1 N–H and O–H groups in total. The molecule has 3 aromatic carbocycles. The summed E-state index contributed by atoms with van der Waals surface area (Å²) < 4.78 is 8.62. The number of ether oxygens (including phenoxy) is 1. The molecule has 0 unspecified atom stereocenters. The van der Waals surface area contributed by atoms with Gasteiger partial charge in [-0.25, -0.2) is 4.98 Å². The van der Waals surface area contributed by atoms with E-state index in [0.717, 1.165) is 32.8 Å². The van der Waals surface area contributed by atoms with Crippen LogP contribution in [-0.4, -0.2) is 16.7 Å². The van der Waals surface area contributed by atoms with Gasteiger partial charge in [-0.2, -0.15) is 0 Å². The number of aromatic nitrogens is 2. The molecule has 5 heteroatoms. The summed E-state index contributed by atoms with van der Waals surface area (Å²) in [6.45, 7) is 0.688. The molecule has 1 aromatic heterocycles. The summed E-state index contributed by atoms with van der Waals surface area (Å²) in [4.78, 5) is 4.56. The first-order chi connectivity index (χ1) is 13.2. The van der Waals surface area contributed by atoms with E-state index in [2.05, 4.69) is 67.2 Å². The molecule has 0 aliphatic heterocycles. The summed E-state index contributed by atoms with van der Waals surface area (Å²) >= 11 is 3.53. The van der Waals surface area contributed by atoms with Crippen molar-refractivity contribution in [1.82, 2.24) is 9.55 Å². The minimum atomic E-state index is 0.688. The Bertz CT molecular complexity index is 1100. The molecule has 0 saturated heterocycles. The van der Waals surface area contributed by atoms with E-state index in [1.165, 1.54) is 10.9 Å². The quantitative estimate of drug-likeness (QED) is 0.454. The minimum absolute atomic E-state index is 0.688. The SMILES string of the molecule is COc1ccc(CNc2ncc(-c3cccc(Br)c3)n2C)c2ccccc12. The number of imidazole rings is 1. The number of hydrogen-bond donors (Lipinski definition) is 1. The number of benzene rings is 3. The minimum Gasteiger partial charge on any atom is -0.496 e. The van der Waals surface area contributed by atoms with E-state index in [4.69, 9.17) is 4.74 Å². The number of rotatable bonds is 5. The van der Waals surface area contributed by atoms with Gasteiger partial charge < -0.3 is 14.6 Å². The van der Waals surface area contributed by atoms with Gasteiger partial charge in [0.1, 0.15) is 5.75 Å². The van der Waals surface area contributed by atoms with Gasteiger partial charge in [0.25, 0.3) is 0 Å². The number of nitrogens with zero attached hydrogens (tertiary/aromatic N) is 2. The van der Waals surface area contributed by atoms with Gasteiger partial charge in [-0.3, -0.25) is 0 Å². The number of anilines is 1. The number of hydrogen-bond acceptors (Lipinski definition) is 3. The lowest BCUT2D eigenvalue weighted by Crippen LogP contribution is -2.06. The van der Waals surface area contributed by atoms with E-state index in [1.54, 1.807) is 7.11 Å². The Balaban J connectivity index is 1.61. The molecule has 0 amide bonds. The van der Waals surface area contributed by atoms with Crippen LogP contribution in [0.4, 0.5) is 5.95 Å². The van der Waals surface area contributed by atoms with Crippen molar-refractivity contribution in [3.05, 3.63) is 76.9 Å². The molecule has 0 aliphatic rings. The van der Waals surface area contributed by atoms with Gasteiger partial charge in [-0.05, 0) is 29.1 Å². The zero-order valence-corrected chi connectivity index (χ0v) is 16.8. The molecule has 4 nitrogen and oxygen atoms in total. The molecule has 27 heavy (non-hydrogen) atoms. The third kappa shape index (κ3) is 3.43. The van der Waals surface area contributed by atoms with Gasteiger partial charge in [0.2, 0.25) is 5.95 Å². The van der Waals surface area contributed by atoms with Crippen LogP contribution >= 0.6 is 15.9 Å². The highest BCUT2D eigenvalue weighted by atomic mass is 79.9. The van der Waals surface area contributed by atoms with Crippen LogP contribution in [0.1, 0.15) is 5.56 Å². The summed E-state index contributed by atoms with van der Waals surface area (Å²) in [5, 5.41) is 5.77. The predicted molar refractivity (Wildman–Crippen MR) is 114 cm³/mol. The molecule has 0 bridgehead atoms. The van der Waals surface area contributed by atoms with Crippen LogP contribution in [0, 0.1) is 0 Å². The Morgan fingerprint density at radius 2 is 1.85 bits per heavy atom. The lowest BCUT2D eigenvalue weighted by Gasteiger charge is -2.12. The first-order valence-electron chi connectivity index (χ1n) is 8.73. The van der Waals surface area contributed by atoms with Crippen LogP contribution in [0.2, 0.25) is 0 Å². The number of methoxy groups -OCH3 is 1. The molecular formula is C22H20BrN3O. The van der Waals surface area contributed by atoms with Crippen molar-refractivity contribution in [2.24, 2.45) is 7.05 Å². The largest absolute Gasteiger partial charge is 0.496 e. The molecule has 136 valence electrons. The van der Waals surface area contributed by atoms with Crippen molar-refractivity contribution in [3.8, 4) is 17.0 Å². The zero-order valence-electron chi connectivity index (χ0n) is 15.2. The van der Waals surface area contributed by atoms with E-state index in [-0.39, 0.29) is 0 Å². The van der Waals surface area contributed by atoms with Crippen molar-refractivity contribution in [1.29, 1.82) is 0 Å². The first-order valence-corrected chi connectivity index (χ1v) is 9.53. The van der Waals surface area contributed by atoms with Crippen LogP contribution in [0.5, 0.6) is 5.75 Å². The van der Waals surface area contributed by atoms with Gasteiger partial charge in [-0.15, -0.1) is 0 Å². The first kappa shape index (κ1) is 17.6. The van der Waals surface area contributed by atoms with Crippen molar-refractivity contribution in [2.75, 3.05) is 12.4 Å². The van der Waals surface area contributed by atoms with Gasteiger partial charge >= 0.3 is 0 Å². The van der Waals surface area contributed by atoms with Crippen molar-refractivity contribution in [3.63, 3.8) is 0 Å². The highest BCUT2D eigenvalue weighted by Gasteiger charge is 2.10. The van der Waals surface area contributed by atoms with E-state index in [9.17, 15) is 0 Å². The molecule has 0 saturated carbocycles. The average Bonchev–Trinajstić information content (AvgIpc) is 3.06.